The van der Waals surface area contributed by atoms with Gasteiger partial charge >= 0.3 is 11.9 Å². The molecule has 0 aromatic heterocycles. The van der Waals surface area contributed by atoms with Crippen LogP contribution in [0.25, 0.3) is 0 Å². The van der Waals surface area contributed by atoms with E-state index >= 15 is 0 Å². The number of hydrogen-bond donors (Lipinski definition) is 0. The predicted octanol–water partition coefficient (Wildman–Crippen LogP) is 16.4. The van der Waals surface area contributed by atoms with Crippen molar-refractivity contribution < 1.29 is 23.8 Å². The summed E-state index contributed by atoms with van der Waals surface area (Å²) in [6, 6.07) is 0. The van der Waals surface area contributed by atoms with Crippen molar-refractivity contribution in [1.29, 1.82) is 0 Å². The Kier molecular flexibility index (Phi) is 47.1. The van der Waals surface area contributed by atoms with Crippen LogP contribution < -0.4 is 0 Å². The van der Waals surface area contributed by atoms with Gasteiger partial charge in [0.1, 0.15) is 6.61 Å². The lowest BCUT2D eigenvalue weighted by molar-refractivity contribution is -0.162. The van der Waals surface area contributed by atoms with Crippen molar-refractivity contribution in [3.63, 3.8) is 0 Å². The molecule has 0 amide bonds. The fourth-order valence-corrected chi connectivity index (χ4v) is 6.28. The standard InChI is InChI=1S/C55H90O5/c1-4-7-10-13-16-19-22-25-27-29-32-35-38-41-44-47-50-58-51-53(60-55(57)49-46-43-40-37-34-30-24-21-18-15-12-9-6-3)52-59-54(56)48-45-42-39-36-33-31-28-26-23-20-17-14-11-8-5-2/h7-8,10-11,16-17,19-20,25-28,32-33,35-36,42,45,53H,4-6,9,12-15,18,21-24,29-31,34,37-41,43-44,46-52H2,1-3H3/b10-7-,11-8-,19-16-,20-17-,27-25-,28-26-,35-32-,36-33-,45-42-. The molecule has 0 saturated heterocycles. The van der Waals surface area contributed by atoms with Gasteiger partial charge in [-0.05, 0) is 83.5 Å². The maximum absolute atomic E-state index is 12.8. The summed E-state index contributed by atoms with van der Waals surface area (Å²) < 4.78 is 17.2. The van der Waals surface area contributed by atoms with E-state index in [-0.39, 0.29) is 31.6 Å². The Hall–Kier alpha value is -3.44. The van der Waals surface area contributed by atoms with Gasteiger partial charge in [0.15, 0.2) is 6.10 Å². The van der Waals surface area contributed by atoms with E-state index in [9.17, 15) is 9.59 Å². The summed E-state index contributed by atoms with van der Waals surface area (Å²) >= 11 is 0. The van der Waals surface area contributed by atoms with Gasteiger partial charge in [0.25, 0.3) is 0 Å². The van der Waals surface area contributed by atoms with E-state index in [0.717, 1.165) is 103 Å². The summed E-state index contributed by atoms with van der Waals surface area (Å²) in [6.07, 6.45) is 68.3. The lowest BCUT2D eigenvalue weighted by atomic mass is 10.0. The Balaban J connectivity index is 4.46. The first kappa shape index (κ1) is 56.6. The number of hydrogen-bond acceptors (Lipinski definition) is 5. The molecule has 5 nitrogen and oxygen atoms in total. The highest BCUT2D eigenvalue weighted by atomic mass is 16.6. The van der Waals surface area contributed by atoms with Crippen molar-refractivity contribution in [3.05, 3.63) is 109 Å². The van der Waals surface area contributed by atoms with Crippen LogP contribution in [-0.2, 0) is 23.8 Å². The van der Waals surface area contributed by atoms with Gasteiger partial charge in [-0.1, -0.05) is 214 Å². The lowest BCUT2D eigenvalue weighted by Crippen LogP contribution is -2.30. The third-order valence-electron chi connectivity index (χ3n) is 9.84. The minimum absolute atomic E-state index is 0.0136. The fraction of sp³-hybridized carbons (Fsp3) is 0.636. The van der Waals surface area contributed by atoms with Crippen LogP contribution in [0.15, 0.2) is 109 Å². The van der Waals surface area contributed by atoms with Crippen molar-refractivity contribution in [2.75, 3.05) is 19.8 Å². The van der Waals surface area contributed by atoms with Gasteiger partial charge in [-0.15, -0.1) is 0 Å². The molecule has 0 aromatic carbocycles. The second-order valence-corrected chi connectivity index (χ2v) is 15.6. The minimum Gasteiger partial charge on any atom is -0.461 e. The molecule has 0 aromatic rings. The van der Waals surface area contributed by atoms with Crippen LogP contribution in [0.2, 0.25) is 0 Å². The molecule has 0 aliphatic rings. The number of carbonyl (C=O) groups excluding carboxylic acids is 2. The molecule has 60 heavy (non-hydrogen) atoms. The van der Waals surface area contributed by atoms with E-state index in [1.165, 1.54) is 64.2 Å². The number of esters is 2. The van der Waals surface area contributed by atoms with Gasteiger partial charge in [-0.3, -0.25) is 9.59 Å². The largest absolute Gasteiger partial charge is 0.461 e. The smallest absolute Gasteiger partial charge is 0.309 e. The molecule has 0 aliphatic heterocycles. The molecule has 0 radical (unpaired) electrons. The summed E-state index contributed by atoms with van der Waals surface area (Å²) in [4.78, 5) is 25.3. The second-order valence-electron chi connectivity index (χ2n) is 15.6. The van der Waals surface area contributed by atoms with Gasteiger partial charge in [-0.25, -0.2) is 0 Å². The molecule has 0 fully saturated rings. The van der Waals surface area contributed by atoms with Crippen LogP contribution >= 0.6 is 0 Å². The molecule has 5 heteroatoms. The molecule has 0 saturated carbocycles. The van der Waals surface area contributed by atoms with E-state index in [1.807, 2.05) is 12.2 Å². The summed E-state index contributed by atoms with van der Waals surface area (Å²) in [5, 5.41) is 0. The first-order chi connectivity index (χ1) is 29.6. The number of rotatable bonds is 43. The normalized spacial score (nSPS) is 13.2. The van der Waals surface area contributed by atoms with E-state index in [1.54, 1.807) is 0 Å². The van der Waals surface area contributed by atoms with Gasteiger partial charge in [0, 0.05) is 13.0 Å². The Bertz CT molecular complexity index is 1210. The van der Waals surface area contributed by atoms with Crippen LogP contribution in [0.3, 0.4) is 0 Å². The molecule has 0 bridgehead atoms. The minimum atomic E-state index is -0.596. The number of carbonyl (C=O) groups is 2. The first-order valence-corrected chi connectivity index (χ1v) is 24.4. The van der Waals surface area contributed by atoms with Crippen LogP contribution in [0.4, 0.5) is 0 Å². The van der Waals surface area contributed by atoms with E-state index in [0.29, 0.717) is 13.0 Å². The van der Waals surface area contributed by atoms with Crippen LogP contribution in [0.1, 0.15) is 201 Å². The van der Waals surface area contributed by atoms with Gasteiger partial charge in [-0.2, -0.15) is 0 Å². The number of unbranched alkanes of at least 4 members (excludes halogenated alkanes) is 15. The Labute approximate surface area is 370 Å². The van der Waals surface area contributed by atoms with Gasteiger partial charge in [0.2, 0.25) is 0 Å². The zero-order chi connectivity index (χ0) is 43.5. The first-order valence-electron chi connectivity index (χ1n) is 24.4. The maximum atomic E-state index is 12.8. The molecule has 1 atom stereocenters. The van der Waals surface area contributed by atoms with E-state index < -0.39 is 6.10 Å². The van der Waals surface area contributed by atoms with Crippen LogP contribution in [0.5, 0.6) is 0 Å². The fourth-order valence-electron chi connectivity index (χ4n) is 6.28. The molecule has 0 rings (SSSR count). The van der Waals surface area contributed by atoms with Gasteiger partial charge in [0.05, 0.1) is 13.0 Å². The van der Waals surface area contributed by atoms with Crippen LogP contribution in [0, 0.1) is 0 Å². The Morgan fingerprint density at radius 1 is 0.400 bits per heavy atom. The molecular formula is C55H90O5. The SMILES string of the molecule is CC/C=C\C/C=C\C/C=C\C/C=C\C/C=C\CC(=O)OCC(COCCCCC/C=C\C/C=C\C/C=C\C/C=C\CC)OC(=O)CCCCCCCCCCCCCCC. The van der Waals surface area contributed by atoms with Crippen molar-refractivity contribution in [2.45, 2.75) is 207 Å². The predicted molar refractivity (Wildman–Crippen MR) is 260 cm³/mol. The molecular weight excluding hydrogens is 741 g/mol. The highest BCUT2D eigenvalue weighted by molar-refractivity contribution is 5.71. The Morgan fingerprint density at radius 2 is 0.800 bits per heavy atom. The molecule has 0 spiro atoms. The summed E-state index contributed by atoms with van der Waals surface area (Å²) in [5.41, 5.74) is 0. The molecule has 0 aliphatic carbocycles. The average molecular weight is 831 g/mol. The van der Waals surface area contributed by atoms with Crippen molar-refractivity contribution in [1.82, 2.24) is 0 Å². The second kappa shape index (κ2) is 49.9. The molecule has 0 heterocycles. The highest BCUT2D eigenvalue weighted by Gasteiger charge is 2.17. The third kappa shape index (κ3) is 47.2. The quantitative estimate of drug-likeness (QED) is 0.0348. The molecule has 340 valence electrons. The molecule has 1 unspecified atom stereocenters. The van der Waals surface area contributed by atoms with Crippen molar-refractivity contribution in [2.24, 2.45) is 0 Å². The topological polar surface area (TPSA) is 61.8 Å². The number of allylic oxidation sites excluding steroid dienone is 17. The zero-order valence-corrected chi connectivity index (χ0v) is 38.9. The summed E-state index contributed by atoms with van der Waals surface area (Å²) in [5.74, 6) is -0.566. The zero-order valence-electron chi connectivity index (χ0n) is 38.9. The monoisotopic (exact) mass is 831 g/mol. The number of ether oxygens (including phenoxy) is 3. The molecule has 0 N–H and O–H groups in total. The van der Waals surface area contributed by atoms with Crippen molar-refractivity contribution in [3.8, 4) is 0 Å². The summed E-state index contributed by atoms with van der Waals surface area (Å²) in [6.45, 7) is 7.41. The summed E-state index contributed by atoms with van der Waals surface area (Å²) in [7, 11) is 0. The maximum Gasteiger partial charge on any atom is 0.309 e. The average Bonchev–Trinajstić information content (AvgIpc) is 3.25. The highest BCUT2D eigenvalue weighted by Crippen LogP contribution is 2.14. The van der Waals surface area contributed by atoms with Crippen LogP contribution in [-0.4, -0.2) is 37.9 Å². The van der Waals surface area contributed by atoms with Crippen molar-refractivity contribution >= 4 is 11.9 Å². The van der Waals surface area contributed by atoms with E-state index in [2.05, 4.69) is 118 Å². The lowest BCUT2D eigenvalue weighted by Gasteiger charge is -2.18. The van der Waals surface area contributed by atoms with Gasteiger partial charge < -0.3 is 14.2 Å². The third-order valence-corrected chi connectivity index (χ3v) is 9.84. The Morgan fingerprint density at radius 3 is 1.27 bits per heavy atom. The van der Waals surface area contributed by atoms with E-state index in [4.69, 9.17) is 14.2 Å².